The third-order valence-electron chi connectivity index (χ3n) is 2.90. The highest BCUT2D eigenvalue weighted by Crippen LogP contribution is 2.31. The number of carboxylic acids is 1. The van der Waals surface area contributed by atoms with Gasteiger partial charge in [0.05, 0.1) is 11.3 Å². The van der Waals surface area contributed by atoms with Crippen LogP contribution >= 0.6 is 0 Å². The van der Waals surface area contributed by atoms with Gasteiger partial charge in [0.2, 0.25) is 0 Å². The summed E-state index contributed by atoms with van der Waals surface area (Å²) in [6, 6.07) is 11.2. The number of alkyl halides is 3. The smallest absolute Gasteiger partial charge is 0.478 e. The second kappa shape index (κ2) is 7.56. The molecule has 0 radical (unpaired) electrons. The summed E-state index contributed by atoms with van der Waals surface area (Å²) in [6.07, 6.45) is -6.06. The molecule has 0 aliphatic carbocycles. The second-order valence-corrected chi connectivity index (χ2v) is 4.75. The molecule has 0 spiro atoms. The van der Waals surface area contributed by atoms with Gasteiger partial charge in [0.1, 0.15) is 6.61 Å². The van der Waals surface area contributed by atoms with Crippen LogP contribution in [0.5, 0.6) is 5.75 Å². The minimum Gasteiger partial charge on any atom is -0.478 e. The molecule has 0 fully saturated rings. The number of aromatic carboxylic acids is 1. The van der Waals surface area contributed by atoms with E-state index in [0.29, 0.717) is 5.56 Å². The van der Waals surface area contributed by atoms with Crippen LogP contribution in [0, 0.1) is 0 Å². The Morgan fingerprint density at radius 2 is 1.76 bits per heavy atom. The molecule has 0 saturated heterocycles. The van der Waals surface area contributed by atoms with E-state index in [2.05, 4.69) is 4.74 Å². The van der Waals surface area contributed by atoms with Crippen LogP contribution in [-0.4, -0.2) is 23.5 Å². The molecular weight excluding hydrogens is 343 g/mol. The molecule has 9 heteroatoms. The number of hydrogen-bond donors (Lipinski definition) is 2. The van der Waals surface area contributed by atoms with Gasteiger partial charge < -0.3 is 14.6 Å². The zero-order valence-corrected chi connectivity index (χ0v) is 12.5. The van der Waals surface area contributed by atoms with Gasteiger partial charge in [-0.1, -0.05) is 30.3 Å². The average Bonchev–Trinajstić information content (AvgIpc) is 2.54. The standard InChI is InChI=1S/C16H12F3NO5/c17-16(18,19)25-13-7-6-11(14(21)22)8-12(13)20-15(23)24-9-10-4-2-1-3-5-10/h1-8H,9H2,(H,20,23)(H,21,22). The fraction of sp³-hybridized carbons (Fsp3) is 0.125. The number of ether oxygens (including phenoxy) is 2. The van der Waals surface area contributed by atoms with Gasteiger partial charge in [-0.25, -0.2) is 9.59 Å². The van der Waals surface area contributed by atoms with E-state index in [1.165, 1.54) is 0 Å². The zero-order chi connectivity index (χ0) is 18.4. The van der Waals surface area contributed by atoms with E-state index in [-0.39, 0.29) is 12.2 Å². The molecular formula is C16H12F3NO5. The summed E-state index contributed by atoms with van der Waals surface area (Å²) in [5, 5.41) is 11.0. The first-order chi connectivity index (χ1) is 11.7. The highest BCUT2D eigenvalue weighted by molar-refractivity contribution is 5.93. The molecule has 25 heavy (non-hydrogen) atoms. The molecule has 2 aromatic carbocycles. The van der Waals surface area contributed by atoms with Crippen molar-refractivity contribution in [3.05, 3.63) is 59.7 Å². The van der Waals surface area contributed by atoms with E-state index >= 15 is 0 Å². The maximum absolute atomic E-state index is 12.4. The molecule has 0 saturated carbocycles. The van der Waals surface area contributed by atoms with Crippen LogP contribution in [0.4, 0.5) is 23.7 Å². The SMILES string of the molecule is O=C(Nc1cc(C(=O)O)ccc1OC(F)(F)F)OCc1ccccc1. The summed E-state index contributed by atoms with van der Waals surface area (Å²) in [7, 11) is 0. The summed E-state index contributed by atoms with van der Waals surface area (Å²) in [6.45, 7) is -0.110. The summed E-state index contributed by atoms with van der Waals surface area (Å²) >= 11 is 0. The van der Waals surface area contributed by atoms with Gasteiger partial charge in [0.25, 0.3) is 0 Å². The Balaban J connectivity index is 2.13. The van der Waals surface area contributed by atoms with Gasteiger partial charge in [-0.05, 0) is 23.8 Å². The van der Waals surface area contributed by atoms with Crippen molar-refractivity contribution >= 4 is 17.7 Å². The maximum Gasteiger partial charge on any atom is 0.573 e. The van der Waals surface area contributed by atoms with Crippen LogP contribution in [0.3, 0.4) is 0 Å². The number of nitrogens with one attached hydrogen (secondary N) is 1. The number of carboxylic acid groups (broad SMARTS) is 1. The van der Waals surface area contributed by atoms with Crippen LogP contribution in [-0.2, 0) is 11.3 Å². The monoisotopic (exact) mass is 355 g/mol. The fourth-order valence-corrected chi connectivity index (χ4v) is 1.84. The number of rotatable bonds is 5. The molecule has 0 atom stereocenters. The van der Waals surface area contributed by atoms with Crippen LogP contribution in [0.25, 0.3) is 0 Å². The number of anilines is 1. The van der Waals surface area contributed by atoms with Crippen LogP contribution in [0.2, 0.25) is 0 Å². The predicted molar refractivity (Wildman–Crippen MR) is 80.3 cm³/mol. The number of amides is 1. The van der Waals surface area contributed by atoms with Gasteiger partial charge in [-0.15, -0.1) is 13.2 Å². The number of halogens is 3. The lowest BCUT2D eigenvalue weighted by Gasteiger charge is -2.14. The van der Waals surface area contributed by atoms with Gasteiger partial charge in [0, 0.05) is 0 Å². The van der Waals surface area contributed by atoms with Crippen molar-refractivity contribution in [2.75, 3.05) is 5.32 Å². The molecule has 0 bridgehead atoms. The Morgan fingerprint density at radius 1 is 1.08 bits per heavy atom. The Labute approximate surface area is 139 Å². The lowest BCUT2D eigenvalue weighted by molar-refractivity contribution is -0.274. The lowest BCUT2D eigenvalue weighted by Crippen LogP contribution is -2.20. The summed E-state index contributed by atoms with van der Waals surface area (Å²) in [4.78, 5) is 22.7. The molecule has 1 amide bonds. The topological polar surface area (TPSA) is 84.9 Å². The van der Waals surface area contributed by atoms with Gasteiger partial charge in [-0.3, -0.25) is 5.32 Å². The number of hydrogen-bond acceptors (Lipinski definition) is 4. The van der Waals surface area contributed by atoms with Gasteiger partial charge >= 0.3 is 18.4 Å². The van der Waals surface area contributed by atoms with E-state index in [0.717, 1.165) is 18.2 Å². The molecule has 6 nitrogen and oxygen atoms in total. The van der Waals surface area contributed by atoms with E-state index in [9.17, 15) is 22.8 Å². The largest absolute Gasteiger partial charge is 0.573 e. The van der Waals surface area contributed by atoms with Crippen molar-refractivity contribution in [3.8, 4) is 5.75 Å². The lowest BCUT2D eigenvalue weighted by atomic mass is 10.2. The fourth-order valence-electron chi connectivity index (χ4n) is 1.84. The molecule has 132 valence electrons. The van der Waals surface area contributed by atoms with E-state index in [1.807, 2.05) is 5.32 Å². The Kier molecular flexibility index (Phi) is 5.48. The maximum atomic E-state index is 12.4. The predicted octanol–water partition coefficient (Wildman–Crippen LogP) is 4.03. The third-order valence-corrected chi connectivity index (χ3v) is 2.90. The van der Waals surface area contributed by atoms with Crippen molar-refractivity contribution < 1.29 is 37.3 Å². The first kappa shape index (κ1) is 18.1. The third kappa shape index (κ3) is 5.72. The first-order valence-electron chi connectivity index (χ1n) is 6.85. The van der Waals surface area contributed by atoms with Crippen molar-refractivity contribution in [1.29, 1.82) is 0 Å². The molecule has 2 rings (SSSR count). The molecule has 0 aliphatic rings. The minimum absolute atomic E-state index is 0.110. The Morgan fingerprint density at radius 3 is 2.36 bits per heavy atom. The minimum atomic E-state index is -5.00. The first-order valence-corrected chi connectivity index (χ1v) is 6.85. The van der Waals surface area contributed by atoms with Crippen LogP contribution < -0.4 is 10.1 Å². The van der Waals surface area contributed by atoms with Crippen molar-refractivity contribution in [2.45, 2.75) is 13.0 Å². The van der Waals surface area contributed by atoms with E-state index in [1.54, 1.807) is 30.3 Å². The number of carbonyl (C=O) groups excluding carboxylic acids is 1. The summed E-state index contributed by atoms with van der Waals surface area (Å²) < 4.78 is 45.9. The molecule has 0 unspecified atom stereocenters. The van der Waals surface area contributed by atoms with Gasteiger partial charge in [-0.2, -0.15) is 0 Å². The Hall–Kier alpha value is -3.23. The quantitative estimate of drug-likeness (QED) is 0.846. The second-order valence-electron chi connectivity index (χ2n) is 4.75. The van der Waals surface area contributed by atoms with Crippen LogP contribution in [0.1, 0.15) is 15.9 Å². The van der Waals surface area contributed by atoms with Crippen molar-refractivity contribution in [3.63, 3.8) is 0 Å². The molecule has 0 aromatic heterocycles. The van der Waals surface area contributed by atoms with E-state index in [4.69, 9.17) is 9.84 Å². The Bertz CT molecular complexity index is 762. The normalized spacial score (nSPS) is 10.8. The average molecular weight is 355 g/mol. The number of benzene rings is 2. The van der Waals surface area contributed by atoms with Gasteiger partial charge in [0.15, 0.2) is 5.75 Å². The number of carbonyl (C=O) groups is 2. The highest BCUT2D eigenvalue weighted by atomic mass is 19.4. The summed E-state index contributed by atoms with van der Waals surface area (Å²) in [5.74, 6) is -2.13. The molecule has 2 N–H and O–H groups in total. The summed E-state index contributed by atoms with van der Waals surface area (Å²) in [5.41, 5.74) is -0.133. The van der Waals surface area contributed by atoms with Crippen LogP contribution in [0.15, 0.2) is 48.5 Å². The van der Waals surface area contributed by atoms with Crippen molar-refractivity contribution in [2.24, 2.45) is 0 Å². The van der Waals surface area contributed by atoms with Crippen molar-refractivity contribution in [1.82, 2.24) is 0 Å². The zero-order valence-electron chi connectivity index (χ0n) is 12.5. The highest BCUT2D eigenvalue weighted by Gasteiger charge is 2.32. The van der Waals surface area contributed by atoms with E-state index < -0.39 is 29.9 Å². The molecule has 0 aliphatic heterocycles. The molecule has 0 heterocycles. The molecule has 2 aromatic rings.